The fourth-order valence-electron chi connectivity index (χ4n) is 3.03. The zero-order valence-electron chi connectivity index (χ0n) is 16.7. The van der Waals surface area contributed by atoms with Gasteiger partial charge in [0, 0.05) is 29.2 Å². The minimum Gasteiger partial charge on any atom is -0.490 e. The molecule has 152 valence electrons. The number of ether oxygens (including phenoxy) is 2. The van der Waals surface area contributed by atoms with Crippen molar-refractivity contribution in [3.8, 4) is 11.5 Å². The molecule has 0 bridgehead atoms. The van der Waals surface area contributed by atoms with Crippen LogP contribution in [0.25, 0.3) is 0 Å². The summed E-state index contributed by atoms with van der Waals surface area (Å²) < 4.78 is 11.8. The molecule has 0 heterocycles. The van der Waals surface area contributed by atoms with Crippen LogP contribution in [0.2, 0.25) is 10.0 Å². The molecule has 0 aromatic heterocycles. The van der Waals surface area contributed by atoms with Crippen LogP contribution in [0, 0.1) is 6.92 Å². The Morgan fingerprint density at radius 2 is 1.55 bits per heavy atom. The van der Waals surface area contributed by atoms with E-state index in [4.69, 9.17) is 32.7 Å². The van der Waals surface area contributed by atoms with E-state index in [2.05, 4.69) is 24.4 Å². The summed E-state index contributed by atoms with van der Waals surface area (Å²) in [6.07, 6.45) is 0. The van der Waals surface area contributed by atoms with E-state index in [-0.39, 0.29) is 0 Å². The summed E-state index contributed by atoms with van der Waals surface area (Å²) in [5.74, 6) is 1.34. The maximum atomic E-state index is 6.52. The maximum Gasteiger partial charge on any atom is 0.163 e. The molecule has 0 aliphatic carbocycles. The molecule has 0 aliphatic heterocycles. The molecule has 29 heavy (non-hydrogen) atoms. The average Bonchev–Trinajstić information content (AvgIpc) is 2.70. The Morgan fingerprint density at radius 1 is 0.793 bits per heavy atom. The number of halogens is 2. The van der Waals surface area contributed by atoms with Crippen molar-refractivity contribution < 1.29 is 9.47 Å². The standard InChI is InChI=1S/C24H25Cl2NO2/c1-3-28-23-12-20(15-27-14-19-9-4-5-10-21(19)25)22(26)13-24(23)29-16-18-8-6-7-17(2)11-18/h4-13,27H,3,14-16H2,1-2H3. The summed E-state index contributed by atoms with van der Waals surface area (Å²) in [6.45, 7) is 6.29. The molecule has 1 N–H and O–H groups in total. The molecule has 3 aromatic rings. The number of hydrogen-bond acceptors (Lipinski definition) is 3. The van der Waals surface area contributed by atoms with Crippen LogP contribution in [-0.4, -0.2) is 6.61 Å². The number of rotatable bonds is 9. The van der Waals surface area contributed by atoms with Crippen molar-refractivity contribution in [3.63, 3.8) is 0 Å². The van der Waals surface area contributed by atoms with Gasteiger partial charge in [-0.3, -0.25) is 0 Å². The molecule has 0 spiro atoms. The van der Waals surface area contributed by atoms with Crippen molar-refractivity contribution in [2.75, 3.05) is 6.61 Å². The lowest BCUT2D eigenvalue weighted by atomic mass is 10.1. The highest BCUT2D eigenvalue weighted by Gasteiger charge is 2.12. The van der Waals surface area contributed by atoms with Gasteiger partial charge in [-0.25, -0.2) is 0 Å². The maximum absolute atomic E-state index is 6.52. The van der Waals surface area contributed by atoms with Gasteiger partial charge in [-0.15, -0.1) is 0 Å². The second kappa shape index (κ2) is 10.5. The van der Waals surface area contributed by atoms with E-state index in [1.54, 1.807) is 0 Å². The second-order valence-corrected chi connectivity index (χ2v) is 7.61. The fraction of sp³-hybridized carbons (Fsp3) is 0.250. The summed E-state index contributed by atoms with van der Waals surface area (Å²) in [4.78, 5) is 0. The van der Waals surface area contributed by atoms with Gasteiger partial charge in [0.2, 0.25) is 0 Å². The molecule has 0 saturated carbocycles. The highest BCUT2D eigenvalue weighted by Crippen LogP contribution is 2.34. The normalized spacial score (nSPS) is 10.8. The molecule has 0 amide bonds. The van der Waals surface area contributed by atoms with Crippen LogP contribution in [0.15, 0.2) is 60.7 Å². The van der Waals surface area contributed by atoms with Gasteiger partial charge in [0.25, 0.3) is 0 Å². The molecule has 3 nitrogen and oxygen atoms in total. The lowest BCUT2D eigenvalue weighted by Gasteiger charge is -2.16. The fourth-order valence-corrected chi connectivity index (χ4v) is 3.45. The second-order valence-electron chi connectivity index (χ2n) is 6.80. The van der Waals surface area contributed by atoms with Crippen LogP contribution in [0.5, 0.6) is 11.5 Å². The van der Waals surface area contributed by atoms with Gasteiger partial charge in [0.15, 0.2) is 11.5 Å². The van der Waals surface area contributed by atoms with Crippen molar-refractivity contribution in [3.05, 3.63) is 93.0 Å². The van der Waals surface area contributed by atoms with Crippen LogP contribution in [-0.2, 0) is 19.7 Å². The van der Waals surface area contributed by atoms with E-state index < -0.39 is 0 Å². The minimum atomic E-state index is 0.461. The monoisotopic (exact) mass is 429 g/mol. The topological polar surface area (TPSA) is 30.5 Å². The highest BCUT2D eigenvalue weighted by molar-refractivity contribution is 6.31. The van der Waals surface area contributed by atoms with Gasteiger partial charge in [-0.2, -0.15) is 0 Å². The van der Waals surface area contributed by atoms with Crippen LogP contribution >= 0.6 is 23.2 Å². The molecule has 3 aromatic carbocycles. The Morgan fingerprint density at radius 3 is 2.31 bits per heavy atom. The predicted octanol–water partition coefficient (Wildman–Crippen LogP) is 6.57. The third kappa shape index (κ3) is 6.14. The summed E-state index contributed by atoms with van der Waals surface area (Å²) >= 11 is 12.7. The molecule has 0 saturated heterocycles. The van der Waals surface area contributed by atoms with E-state index in [1.807, 2.05) is 55.5 Å². The van der Waals surface area contributed by atoms with Crippen LogP contribution in [0.1, 0.15) is 29.2 Å². The van der Waals surface area contributed by atoms with E-state index in [0.717, 1.165) is 21.7 Å². The molecule has 0 atom stereocenters. The van der Waals surface area contributed by atoms with Gasteiger partial charge < -0.3 is 14.8 Å². The molecule has 3 rings (SSSR count). The first kappa shape index (κ1) is 21.5. The van der Waals surface area contributed by atoms with Crippen LogP contribution < -0.4 is 14.8 Å². The summed E-state index contributed by atoms with van der Waals surface area (Å²) in [5.41, 5.74) is 4.31. The van der Waals surface area contributed by atoms with E-state index in [9.17, 15) is 0 Å². The molecule has 5 heteroatoms. The first-order valence-corrected chi connectivity index (χ1v) is 10.4. The largest absolute Gasteiger partial charge is 0.490 e. The zero-order valence-corrected chi connectivity index (χ0v) is 18.2. The summed E-state index contributed by atoms with van der Waals surface area (Å²) in [6, 6.07) is 19.8. The Bertz CT molecular complexity index is 959. The van der Waals surface area contributed by atoms with E-state index in [1.165, 1.54) is 5.56 Å². The van der Waals surface area contributed by atoms with Crippen molar-refractivity contribution in [1.29, 1.82) is 0 Å². The van der Waals surface area contributed by atoms with E-state index in [0.29, 0.717) is 42.8 Å². The third-order valence-corrected chi connectivity index (χ3v) is 5.20. The van der Waals surface area contributed by atoms with Crippen LogP contribution in [0.4, 0.5) is 0 Å². The Hall–Kier alpha value is -2.20. The molecule has 0 fully saturated rings. The Kier molecular flexibility index (Phi) is 7.82. The van der Waals surface area contributed by atoms with Gasteiger partial charge >= 0.3 is 0 Å². The zero-order chi connectivity index (χ0) is 20.6. The first-order chi connectivity index (χ1) is 14.1. The average molecular weight is 430 g/mol. The van der Waals surface area contributed by atoms with Gasteiger partial charge in [-0.05, 0) is 42.7 Å². The van der Waals surface area contributed by atoms with Gasteiger partial charge in [-0.1, -0.05) is 71.2 Å². The summed E-state index contributed by atoms with van der Waals surface area (Å²) in [5, 5.41) is 4.78. The van der Waals surface area contributed by atoms with Gasteiger partial charge in [0.1, 0.15) is 6.61 Å². The highest BCUT2D eigenvalue weighted by atomic mass is 35.5. The molecular weight excluding hydrogens is 405 g/mol. The lowest BCUT2D eigenvalue weighted by Crippen LogP contribution is -2.13. The summed E-state index contributed by atoms with van der Waals surface area (Å²) in [7, 11) is 0. The number of aryl methyl sites for hydroxylation is 1. The lowest BCUT2D eigenvalue weighted by molar-refractivity contribution is 0.269. The molecule has 0 aliphatic rings. The van der Waals surface area contributed by atoms with Crippen molar-refractivity contribution in [2.45, 2.75) is 33.5 Å². The van der Waals surface area contributed by atoms with E-state index >= 15 is 0 Å². The van der Waals surface area contributed by atoms with Gasteiger partial charge in [0.05, 0.1) is 6.61 Å². The SMILES string of the molecule is CCOc1cc(CNCc2ccccc2Cl)c(Cl)cc1OCc1cccc(C)c1. The molecule has 0 unspecified atom stereocenters. The van der Waals surface area contributed by atoms with Crippen molar-refractivity contribution in [2.24, 2.45) is 0 Å². The smallest absolute Gasteiger partial charge is 0.163 e. The van der Waals surface area contributed by atoms with Crippen LogP contribution in [0.3, 0.4) is 0 Å². The number of benzene rings is 3. The van der Waals surface area contributed by atoms with Crippen molar-refractivity contribution in [1.82, 2.24) is 5.32 Å². The molecule has 0 radical (unpaired) electrons. The molecular formula is C24H25Cl2NO2. The quantitative estimate of drug-likeness (QED) is 0.417. The number of nitrogens with one attached hydrogen (secondary N) is 1. The predicted molar refractivity (Wildman–Crippen MR) is 120 cm³/mol. The first-order valence-electron chi connectivity index (χ1n) is 9.64. The number of hydrogen-bond donors (Lipinski definition) is 1. The Labute approximate surface area is 182 Å². The third-order valence-electron chi connectivity index (χ3n) is 4.48. The Balaban J connectivity index is 1.69. The minimum absolute atomic E-state index is 0.461. The van der Waals surface area contributed by atoms with Crippen molar-refractivity contribution >= 4 is 23.2 Å².